The van der Waals surface area contributed by atoms with Gasteiger partial charge in [-0.05, 0) is 60.8 Å². The van der Waals surface area contributed by atoms with Gasteiger partial charge in [0.2, 0.25) is 5.91 Å². The number of ether oxygens (including phenoxy) is 2. The molecule has 3 amide bonds. The van der Waals surface area contributed by atoms with Crippen LogP contribution in [0.3, 0.4) is 0 Å². The maximum atomic E-state index is 12.2. The highest BCUT2D eigenvalue weighted by Crippen LogP contribution is 2.22. The molecule has 0 unspecified atom stereocenters. The number of hydrogen-bond donors (Lipinski definition) is 2. The number of nitrogens with zero attached hydrogens (tertiary/aromatic N) is 2. The van der Waals surface area contributed by atoms with Crippen LogP contribution in [0.1, 0.15) is 113 Å². The molecule has 220 valence electrons. The summed E-state index contributed by atoms with van der Waals surface area (Å²) in [5.74, 6) is -1.02. The molecule has 2 atom stereocenters. The molecule has 2 rings (SSSR count). The van der Waals surface area contributed by atoms with Crippen LogP contribution in [0.2, 0.25) is 0 Å². The standard InChI is InChI=1S/C19H36N2O3.C9H15NO4/c1-5-6-7-8-9-10-11-12-14-20-17(22)16-13-15-21(16)18(23)24-19(2,3)4;1-9(2,3)14-8(13)10-5-4-6(10)7(11)12/h16H,5-15H2,1-4H3,(H,20,22);6H,4-5H2,1-3H3,(H,11,12)/t16-;6-/m00/s1. The monoisotopic (exact) mass is 541 g/mol. The summed E-state index contributed by atoms with van der Waals surface area (Å²) in [5.41, 5.74) is -1.10. The quantitative estimate of drug-likeness (QED) is 0.339. The predicted molar refractivity (Wildman–Crippen MR) is 146 cm³/mol. The first-order valence-corrected chi connectivity index (χ1v) is 14.2. The van der Waals surface area contributed by atoms with Crippen LogP contribution in [0.4, 0.5) is 9.59 Å². The Labute approximate surface area is 228 Å². The van der Waals surface area contributed by atoms with Gasteiger partial charge in [-0.2, -0.15) is 0 Å². The van der Waals surface area contributed by atoms with Crippen LogP contribution in [0.5, 0.6) is 0 Å². The fourth-order valence-electron chi connectivity index (χ4n) is 3.97. The minimum Gasteiger partial charge on any atom is -0.480 e. The fraction of sp³-hybridized carbons (Fsp3) is 0.857. The molecule has 38 heavy (non-hydrogen) atoms. The van der Waals surface area contributed by atoms with E-state index < -0.39 is 29.3 Å². The van der Waals surface area contributed by atoms with Crippen molar-refractivity contribution in [1.82, 2.24) is 15.1 Å². The van der Waals surface area contributed by atoms with Crippen LogP contribution in [0.15, 0.2) is 0 Å². The maximum absolute atomic E-state index is 12.2. The van der Waals surface area contributed by atoms with E-state index in [-0.39, 0.29) is 18.0 Å². The van der Waals surface area contributed by atoms with Crippen molar-refractivity contribution < 1.29 is 33.8 Å². The molecule has 0 aromatic carbocycles. The molecule has 0 aromatic heterocycles. The van der Waals surface area contributed by atoms with Gasteiger partial charge in [-0.25, -0.2) is 14.4 Å². The summed E-state index contributed by atoms with van der Waals surface area (Å²) in [6.45, 7) is 14.8. The summed E-state index contributed by atoms with van der Waals surface area (Å²) in [4.78, 5) is 48.9. The molecule has 0 saturated carbocycles. The molecule has 0 aliphatic carbocycles. The molecule has 10 heteroatoms. The number of carbonyl (C=O) groups excluding carboxylic acids is 3. The second-order valence-corrected chi connectivity index (χ2v) is 12.1. The Kier molecular flexibility index (Phi) is 13.9. The van der Waals surface area contributed by atoms with Crippen molar-refractivity contribution in [2.75, 3.05) is 19.6 Å². The van der Waals surface area contributed by atoms with Crippen LogP contribution in [-0.4, -0.2) is 81.9 Å². The van der Waals surface area contributed by atoms with E-state index in [1.165, 1.54) is 48.3 Å². The second-order valence-electron chi connectivity index (χ2n) is 12.1. The Hall–Kier alpha value is -2.52. The zero-order valence-electron chi connectivity index (χ0n) is 24.6. The predicted octanol–water partition coefficient (Wildman–Crippen LogP) is 5.33. The van der Waals surface area contributed by atoms with Gasteiger partial charge in [0.1, 0.15) is 23.3 Å². The number of unbranched alkanes of at least 4 members (excludes halogenated alkanes) is 7. The zero-order valence-corrected chi connectivity index (χ0v) is 24.6. The van der Waals surface area contributed by atoms with E-state index in [4.69, 9.17) is 14.6 Å². The lowest BCUT2D eigenvalue weighted by Crippen LogP contribution is -2.59. The molecule has 2 saturated heterocycles. The highest BCUT2D eigenvalue weighted by atomic mass is 16.6. The van der Waals surface area contributed by atoms with Gasteiger partial charge in [0.15, 0.2) is 0 Å². The first-order chi connectivity index (χ1) is 17.7. The van der Waals surface area contributed by atoms with Crippen LogP contribution in [0, 0.1) is 0 Å². The molecule has 10 nitrogen and oxygen atoms in total. The van der Waals surface area contributed by atoms with Crippen LogP contribution in [0.25, 0.3) is 0 Å². The fourth-order valence-corrected chi connectivity index (χ4v) is 3.97. The van der Waals surface area contributed by atoms with Crippen molar-refractivity contribution in [1.29, 1.82) is 0 Å². The molecule has 2 heterocycles. The molecule has 0 aromatic rings. The first kappa shape index (κ1) is 33.5. The summed E-state index contributed by atoms with van der Waals surface area (Å²) in [5, 5.41) is 11.7. The van der Waals surface area contributed by atoms with Gasteiger partial charge >= 0.3 is 18.2 Å². The summed E-state index contributed by atoms with van der Waals surface area (Å²) < 4.78 is 10.4. The number of nitrogens with one attached hydrogen (secondary N) is 1. The van der Waals surface area contributed by atoms with E-state index in [9.17, 15) is 19.2 Å². The van der Waals surface area contributed by atoms with Gasteiger partial charge in [-0.3, -0.25) is 14.6 Å². The summed E-state index contributed by atoms with van der Waals surface area (Å²) in [6.07, 6.45) is 10.3. The SMILES string of the molecule is CC(C)(C)OC(=O)N1CC[C@H]1C(=O)O.CCCCCCCCCCNC(=O)[C@@H]1CCN1C(=O)OC(C)(C)C. The van der Waals surface area contributed by atoms with Gasteiger partial charge in [-0.15, -0.1) is 0 Å². The Morgan fingerprint density at radius 3 is 1.53 bits per heavy atom. The third-order valence-corrected chi connectivity index (χ3v) is 6.21. The minimum atomic E-state index is -0.970. The highest BCUT2D eigenvalue weighted by molar-refractivity contribution is 5.87. The number of amides is 3. The number of rotatable bonds is 11. The summed E-state index contributed by atoms with van der Waals surface area (Å²) in [6, 6.07) is -1.06. The number of carbonyl (C=O) groups is 4. The number of carboxylic acid groups (broad SMARTS) is 1. The van der Waals surface area contributed by atoms with Gasteiger partial charge < -0.3 is 19.9 Å². The number of hydrogen-bond acceptors (Lipinski definition) is 6. The van der Waals surface area contributed by atoms with Crippen LogP contribution in [-0.2, 0) is 19.1 Å². The molecule has 2 aliphatic heterocycles. The lowest BCUT2D eigenvalue weighted by molar-refractivity contribution is -0.147. The van der Waals surface area contributed by atoms with E-state index in [0.29, 0.717) is 26.1 Å². The normalized spacial score (nSPS) is 18.8. The molecule has 0 bridgehead atoms. The molecule has 2 fully saturated rings. The van der Waals surface area contributed by atoms with Crippen LogP contribution >= 0.6 is 0 Å². The van der Waals surface area contributed by atoms with E-state index in [1.807, 2.05) is 20.8 Å². The molecular weight excluding hydrogens is 490 g/mol. The number of aliphatic carboxylic acids is 1. The molecule has 2 N–H and O–H groups in total. The Balaban J connectivity index is 0.000000437. The zero-order chi connectivity index (χ0) is 28.9. The lowest BCUT2D eigenvalue weighted by Gasteiger charge is -2.40. The Morgan fingerprint density at radius 1 is 0.737 bits per heavy atom. The number of carboxylic acids is 1. The van der Waals surface area contributed by atoms with Gasteiger partial charge in [0.05, 0.1) is 0 Å². The second kappa shape index (κ2) is 15.8. The Bertz CT molecular complexity index is 773. The van der Waals surface area contributed by atoms with Crippen molar-refractivity contribution in [2.45, 2.75) is 136 Å². The summed E-state index contributed by atoms with van der Waals surface area (Å²) in [7, 11) is 0. The van der Waals surface area contributed by atoms with E-state index in [2.05, 4.69) is 12.2 Å². The molecule has 0 spiro atoms. The van der Waals surface area contributed by atoms with Crippen molar-refractivity contribution in [3.8, 4) is 0 Å². The van der Waals surface area contributed by atoms with Crippen molar-refractivity contribution in [3.05, 3.63) is 0 Å². The average molecular weight is 542 g/mol. The lowest BCUT2D eigenvalue weighted by atomic mass is 10.0. The van der Waals surface area contributed by atoms with Gasteiger partial charge in [0.25, 0.3) is 0 Å². The third-order valence-electron chi connectivity index (χ3n) is 6.21. The topological polar surface area (TPSA) is 125 Å². The van der Waals surface area contributed by atoms with Crippen LogP contribution < -0.4 is 5.32 Å². The van der Waals surface area contributed by atoms with Crippen molar-refractivity contribution in [2.24, 2.45) is 0 Å². The average Bonchev–Trinajstić information content (AvgIpc) is 2.68. The van der Waals surface area contributed by atoms with Gasteiger partial charge in [0, 0.05) is 19.6 Å². The minimum absolute atomic E-state index is 0.0462. The largest absolute Gasteiger partial charge is 0.480 e. The number of likely N-dealkylation sites (tertiary alicyclic amines) is 2. The third kappa shape index (κ3) is 12.8. The molecule has 0 radical (unpaired) electrons. The van der Waals surface area contributed by atoms with E-state index >= 15 is 0 Å². The molecule has 2 aliphatic rings. The maximum Gasteiger partial charge on any atom is 0.411 e. The van der Waals surface area contributed by atoms with E-state index in [1.54, 1.807) is 20.8 Å². The van der Waals surface area contributed by atoms with E-state index in [0.717, 1.165) is 19.3 Å². The first-order valence-electron chi connectivity index (χ1n) is 14.2. The smallest absolute Gasteiger partial charge is 0.411 e. The van der Waals surface area contributed by atoms with Crippen molar-refractivity contribution >= 4 is 24.1 Å². The summed E-state index contributed by atoms with van der Waals surface area (Å²) >= 11 is 0. The van der Waals surface area contributed by atoms with Gasteiger partial charge in [-0.1, -0.05) is 51.9 Å². The van der Waals surface area contributed by atoms with Crippen molar-refractivity contribution in [3.63, 3.8) is 0 Å². The molecular formula is C28H51N3O7. The highest BCUT2D eigenvalue weighted by Gasteiger charge is 2.40. The Morgan fingerprint density at radius 2 is 1.16 bits per heavy atom.